The van der Waals surface area contributed by atoms with E-state index < -0.39 is 46.7 Å². The second-order valence-corrected chi connectivity index (χ2v) is 13.4. The summed E-state index contributed by atoms with van der Waals surface area (Å²) in [7, 11) is 0. The number of carbonyl (C=O) groups is 3. The highest BCUT2D eigenvalue weighted by Gasteiger charge is 2.55. The second kappa shape index (κ2) is 15.0. The smallest absolute Gasteiger partial charge is 0.355 e. The van der Waals surface area contributed by atoms with Crippen LogP contribution in [-0.2, 0) is 23.9 Å². The third-order valence-electron chi connectivity index (χ3n) is 8.71. The van der Waals surface area contributed by atoms with E-state index in [0.717, 1.165) is 22.3 Å². The number of carbonyl (C=O) groups excluding carboxylic acids is 3. The quantitative estimate of drug-likeness (QED) is 0.105. The van der Waals surface area contributed by atoms with Crippen molar-refractivity contribution < 1.29 is 34.1 Å². The Morgan fingerprint density at radius 2 is 1.18 bits per heavy atom. The minimum Gasteiger partial charge on any atom is -0.508 e. The van der Waals surface area contributed by atoms with E-state index in [1.54, 1.807) is 0 Å². The second-order valence-electron chi connectivity index (χ2n) is 12.2. The molecule has 0 spiro atoms. The molecule has 2 aliphatic rings. The maximum atomic E-state index is 14.1. The highest BCUT2D eigenvalue weighted by atomic mass is 32.2. The summed E-state index contributed by atoms with van der Waals surface area (Å²) >= 11 is 1.26. The Bertz CT molecular complexity index is 1950. The van der Waals surface area contributed by atoms with Gasteiger partial charge in [0.05, 0.1) is 11.3 Å². The van der Waals surface area contributed by atoms with Gasteiger partial charge in [-0.25, -0.2) is 4.79 Å². The SMILES string of the molecule is O=C(COC(c1ccccc1)c1ccccc1)NC1C=C(C(=O)OC(c2ccccc2)c2ccccc2)N2C(=O)C(c3cc(O)cc(O)c3)[C@H]2S1. The zero-order valence-electron chi connectivity index (χ0n) is 27.2. The average Bonchev–Trinajstić information content (AvgIpc) is 3.14. The van der Waals surface area contributed by atoms with Crippen molar-refractivity contribution in [2.24, 2.45) is 0 Å². The maximum absolute atomic E-state index is 14.1. The van der Waals surface area contributed by atoms with Crippen molar-refractivity contribution in [2.75, 3.05) is 6.61 Å². The normalized spacial score (nSPS) is 18.1. The van der Waals surface area contributed by atoms with E-state index in [-0.39, 0.29) is 23.8 Å². The first-order valence-corrected chi connectivity index (χ1v) is 17.3. The predicted molar refractivity (Wildman–Crippen MR) is 192 cm³/mol. The minimum atomic E-state index is -0.806. The molecular formula is C41H34N2O7S. The molecule has 0 aromatic heterocycles. The van der Waals surface area contributed by atoms with Crippen molar-refractivity contribution >= 4 is 29.5 Å². The zero-order valence-corrected chi connectivity index (χ0v) is 28.1. The lowest BCUT2D eigenvalue weighted by Crippen LogP contribution is -2.61. The Morgan fingerprint density at radius 3 is 1.67 bits per heavy atom. The number of hydrogen-bond donors (Lipinski definition) is 3. The first-order valence-electron chi connectivity index (χ1n) is 16.4. The summed E-state index contributed by atoms with van der Waals surface area (Å²) < 4.78 is 12.3. The van der Waals surface area contributed by atoms with Gasteiger partial charge < -0.3 is 25.0 Å². The molecule has 0 aliphatic carbocycles. The summed E-state index contributed by atoms with van der Waals surface area (Å²) in [5.74, 6) is -2.78. The van der Waals surface area contributed by atoms with Crippen LogP contribution in [-0.4, -0.2) is 50.3 Å². The lowest BCUT2D eigenvalue weighted by molar-refractivity contribution is -0.153. The van der Waals surface area contributed by atoms with Crippen LogP contribution in [0.15, 0.2) is 151 Å². The van der Waals surface area contributed by atoms with Crippen LogP contribution in [0.5, 0.6) is 11.5 Å². The van der Waals surface area contributed by atoms with Gasteiger partial charge >= 0.3 is 5.97 Å². The molecule has 3 atom stereocenters. The van der Waals surface area contributed by atoms with E-state index in [4.69, 9.17) is 9.47 Å². The van der Waals surface area contributed by atoms with Crippen LogP contribution in [0.2, 0.25) is 0 Å². The van der Waals surface area contributed by atoms with Crippen molar-refractivity contribution in [3.63, 3.8) is 0 Å². The van der Waals surface area contributed by atoms with Gasteiger partial charge in [0.1, 0.15) is 35.3 Å². The molecule has 5 aromatic rings. The molecule has 2 aliphatic heterocycles. The monoisotopic (exact) mass is 698 g/mol. The summed E-state index contributed by atoms with van der Waals surface area (Å²) in [6.07, 6.45) is 0.265. The molecule has 0 radical (unpaired) electrons. The van der Waals surface area contributed by atoms with E-state index in [1.807, 2.05) is 121 Å². The molecule has 51 heavy (non-hydrogen) atoms. The third-order valence-corrected chi connectivity index (χ3v) is 10.0. The van der Waals surface area contributed by atoms with Gasteiger partial charge in [-0.1, -0.05) is 121 Å². The number of benzene rings is 5. The number of β-lactam (4-membered cyclic amide) rings is 1. The number of fused-ring (bicyclic) bond motifs is 1. The standard InChI is InChI=1S/C41H34N2O7S/c44-31-21-30(22-32(45)23-31)36-39(47)43-33(41(48)50-38(28-17-9-3-10-18-28)29-19-11-4-12-20-29)24-35(51-40(36)43)42-34(46)25-49-37(26-13-5-1-6-14-26)27-15-7-2-8-16-27/h1-24,35-38,40,44-45H,25H2,(H,42,46)/t35?,36?,40-/m1/s1. The van der Waals surface area contributed by atoms with Crippen molar-refractivity contribution in [3.8, 4) is 11.5 Å². The maximum Gasteiger partial charge on any atom is 0.355 e. The van der Waals surface area contributed by atoms with Crippen molar-refractivity contribution in [3.05, 3.63) is 179 Å². The molecule has 0 saturated carbocycles. The number of phenols is 2. The molecule has 256 valence electrons. The lowest BCUT2D eigenvalue weighted by atomic mass is 9.88. The molecule has 0 bridgehead atoms. The number of thioether (sulfide) groups is 1. The molecule has 3 N–H and O–H groups in total. The minimum absolute atomic E-state index is 0.0149. The number of hydrogen-bond acceptors (Lipinski definition) is 8. The van der Waals surface area contributed by atoms with E-state index in [0.29, 0.717) is 5.56 Å². The van der Waals surface area contributed by atoms with Crippen LogP contribution in [0.25, 0.3) is 0 Å². The first kappa shape index (κ1) is 33.6. The number of amides is 2. The molecule has 9 nitrogen and oxygen atoms in total. The van der Waals surface area contributed by atoms with E-state index in [1.165, 1.54) is 40.9 Å². The summed E-state index contributed by atoms with van der Waals surface area (Å²) in [5, 5.41) is 21.9. The van der Waals surface area contributed by atoms with Gasteiger partial charge in [-0.05, 0) is 46.0 Å². The fraction of sp³-hybridized carbons (Fsp3) is 0.146. The van der Waals surface area contributed by atoms with E-state index >= 15 is 0 Å². The van der Waals surface area contributed by atoms with Gasteiger partial charge in [0.15, 0.2) is 6.10 Å². The fourth-order valence-electron chi connectivity index (χ4n) is 6.37. The topological polar surface area (TPSA) is 125 Å². The van der Waals surface area contributed by atoms with Crippen LogP contribution in [0.3, 0.4) is 0 Å². The number of rotatable bonds is 11. The molecular weight excluding hydrogens is 665 g/mol. The number of nitrogens with zero attached hydrogens (tertiary/aromatic N) is 1. The Kier molecular flexibility index (Phi) is 9.87. The van der Waals surface area contributed by atoms with Crippen LogP contribution < -0.4 is 5.32 Å². The Balaban J connectivity index is 1.15. The van der Waals surface area contributed by atoms with Crippen molar-refractivity contribution in [1.82, 2.24) is 10.2 Å². The van der Waals surface area contributed by atoms with Gasteiger partial charge in [-0.2, -0.15) is 0 Å². The molecule has 1 fully saturated rings. The highest BCUT2D eigenvalue weighted by Crippen LogP contribution is 2.50. The number of aromatic hydroxyl groups is 2. The largest absolute Gasteiger partial charge is 0.508 e. The highest BCUT2D eigenvalue weighted by molar-refractivity contribution is 8.00. The summed E-state index contributed by atoms with van der Waals surface area (Å²) in [6.45, 7) is -0.277. The summed E-state index contributed by atoms with van der Waals surface area (Å²) in [5.41, 5.74) is 3.64. The lowest BCUT2D eigenvalue weighted by Gasteiger charge is -2.50. The van der Waals surface area contributed by atoms with E-state index in [2.05, 4.69) is 5.32 Å². The Hall–Kier alpha value is -5.84. The molecule has 2 heterocycles. The van der Waals surface area contributed by atoms with Crippen LogP contribution in [0.1, 0.15) is 45.9 Å². The van der Waals surface area contributed by atoms with Gasteiger partial charge in [0, 0.05) is 6.07 Å². The molecule has 2 unspecified atom stereocenters. The predicted octanol–water partition coefficient (Wildman–Crippen LogP) is 6.56. The summed E-state index contributed by atoms with van der Waals surface area (Å²) in [6, 6.07) is 41.8. The number of phenolic OH excluding ortho intramolecular Hbond substituents is 2. The number of esters is 1. The fourth-order valence-corrected chi connectivity index (χ4v) is 7.85. The van der Waals surface area contributed by atoms with Crippen molar-refractivity contribution in [1.29, 1.82) is 0 Å². The zero-order chi connectivity index (χ0) is 35.3. The van der Waals surface area contributed by atoms with Crippen molar-refractivity contribution in [2.45, 2.75) is 28.9 Å². The molecule has 7 rings (SSSR count). The van der Waals surface area contributed by atoms with Gasteiger partial charge in [0.25, 0.3) is 0 Å². The van der Waals surface area contributed by atoms with Gasteiger partial charge in [0.2, 0.25) is 11.8 Å². The molecule has 10 heteroatoms. The molecule has 1 saturated heterocycles. The molecule has 2 amide bonds. The Morgan fingerprint density at radius 1 is 0.706 bits per heavy atom. The Labute approximate surface area is 299 Å². The number of ether oxygens (including phenoxy) is 2. The third kappa shape index (κ3) is 7.38. The van der Waals surface area contributed by atoms with Gasteiger partial charge in [-0.15, -0.1) is 11.8 Å². The molecule has 5 aromatic carbocycles. The summed E-state index contributed by atoms with van der Waals surface area (Å²) in [4.78, 5) is 42.6. The average molecular weight is 699 g/mol. The van der Waals surface area contributed by atoms with Gasteiger partial charge in [-0.3, -0.25) is 14.5 Å². The first-order chi connectivity index (χ1) is 24.9. The van der Waals surface area contributed by atoms with Crippen LogP contribution >= 0.6 is 11.8 Å². The van der Waals surface area contributed by atoms with E-state index in [9.17, 15) is 24.6 Å². The van der Waals surface area contributed by atoms with Crippen LogP contribution in [0, 0.1) is 0 Å². The van der Waals surface area contributed by atoms with Crippen LogP contribution in [0.4, 0.5) is 0 Å². The number of nitrogens with one attached hydrogen (secondary N) is 1.